The SMILES string of the molecule is CCOCCCn1c(=O)c2ccccc2n2c(SCc3cn4cccc(C)c4n3)nnc12. The quantitative estimate of drug-likeness (QED) is 0.266. The molecule has 1 aromatic carbocycles. The van der Waals surface area contributed by atoms with Gasteiger partial charge in [-0.3, -0.25) is 13.8 Å². The van der Waals surface area contributed by atoms with Crippen LogP contribution in [0.5, 0.6) is 0 Å². The van der Waals surface area contributed by atoms with Crippen LogP contribution in [0.4, 0.5) is 0 Å². The average molecular weight is 449 g/mol. The minimum Gasteiger partial charge on any atom is -0.382 e. The predicted octanol–water partition coefficient (Wildman–Crippen LogP) is 3.72. The van der Waals surface area contributed by atoms with Crippen LogP contribution in [0.25, 0.3) is 22.3 Å². The molecule has 5 aromatic rings. The second-order valence-electron chi connectivity index (χ2n) is 7.59. The lowest BCUT2D eigenvalue weighted by Gasteiger charge is -2.11. The van der Waals surface area contributed by atoms with Crippen molar-refractivity contribution in [3.05, 3.63) is 70.4 Å². The number of para-hydroxylation sites is 1. The third-order valence-electron chi connectivity index (χ3n) is 5.43. The van der Waals surface area contributed by atoms with E-state index in [2.05, 4.69) is 23.2 Å². The molecule has 0 aliphatic rings. The van der Waals surface area contributed by atoms with Crippen LogP contribution in [0.1, 0.15) is 24.6 Å². The Morgan fingerprint density at radius 2 is 2.00 bits per heavy atom. The smallest absolute Gasteiger partial charge is 0.262 e. The van der Waals surface area contributed by atoms with E-state index in [4.69, 9.17) is 9.72 Å². The van der Waals surface area contributed by atoms with Crippen LogP contribution in [-0.4, -0.2) is 41.8 Å². The molecule has 0 atom stereocenters. The predicted molar refractivity (Wildman–Crippen MR) is 125 cm³/mol. The largest absolute Gasteiger partial charge is 0.382 e. The molecule has 0 N–H and O–H groups in total. The summed E-state index contributed by atoms with van der Waals surface area (Å²) in [6.45, 7) is 5.82. The molecular weight excluding hydrogens is 424 g/mol. The van der Waals surface area contributed by atoms with Gasteiger partial charge in [-0.05, 0) is 44.0 Å². The van der Waals surface area contributed by atoms with Crippen LogP contribution in [0.2, 0.25) is 0 Å². The number of imidazole rings is 1. The Bertz CT molecular complexity index is 1470. The van der Waals surface area contributed by atoms with E-state index in [1.807, 2.05) is 58.5 Å². The topological polar surface area (TPSA) is 78.7 Å². The van der Waals surface area contributed by atoms with Crippen molar-refractivity contribution in [1.82, 2.24) is 28.5 Å². The lowest BCUT2D eigenvalue weighted by Crippen LogP contribution is -2.24. The summed E-state index contributed by atoms with van der Waals surface area (Å²) in [5.74, 6) is 1.21. The van der Waals surface area contributed by atoms with Gasteiger partial charge in [0.25, 0.3) is 5.56 Å². The van der Waals surface area contributed by atoms with E-state index in [9.17, 15) is 4.79 Å². The van der Waals surface area contributed by atoms with Crippen molar-refractivity contribution in [3.8, 4) is 0 Å². The Morgan fingerprint density at radius 1 is 1.12 bits per heavy atom. The number of hydrogen-bond acceptors (Lipinski definition) is 6. The summed E-state index contributed by atoms with van der Waals surface area (Å²) in [5.41, 5.74) is 3.83. The first kappa shape index (κ1) is 20.7. The first-order valence-corrected chi connectivity index (χ1v) is 11.7. The summed E-state index contributed by atoms with van der Waals surface area (Å²) in [7, 11) is 0. The van der Waals surface area contributed by atoms with Crippen molar-refractivity contribution in [2.45, 2.75) is 37.7 Å². The van der Waals surface area contributed by atoms with Gasteiger partial charge >= 0.3 is 0 Å². The van der Waals surface area contributed by atoms with E-state index in [-0.39, 0.29) is 5.56 Å². The Morgan fingerprint density at radius 3 is 2.84 bits per heavy atom. The maximum atomic E-state index is 13.1. The van der Waals surface area contributed by atoms with Crippen molar-refractivity contribution in [2.24, 2.45) is 0 Å². The normalized spacial score (nSPS) is 11.8. The van der Waals surface area contributed by atoms with Crippen LogP contribution >= 0.6 is 11.8 Å². The number of nitrogens with zero attached hydrogens (tertiary/aromatic N) is 6. The zero-order chi connectivity index (χ0) is 22.1. The van der Waals surface area contributed by atoms with Crippen LogP contribution < -0.4 is 5.56 Å². The lowest BCUT2D eigenvalue weighted by molar-refractivity contribution is 0.141. The standard InChI is InChI=1S/C23H24N6O2S/c1-3-31-13-7-12-28-21(30)18-9-4-5-10-19(18)29-22(28)25-26-23(29)32-15-17-14-27-11-6-8-16(2)20(27)24-17/h4-6,8-11,14H,3,7,12-13,15H2,1-2H3. The fraction of sp³-hybridized carbons (Fsp3) is 0.304. The summed E-state index contributed by atoms with van der Waals surface area (Å²) in [4.78, 5) is 17.9. The summed E-state index contributed by atoms with van der Waals surface area (Å²) >= 11 is 1.57. The molecule has 4 aromatic heterocycles. The van der Waals surface area contributed by atoms with Crippen LogP contribution in [-0.2, 0) is 17.0 Å². The van der Waals surface area contributed by atoms with Crippen molar-refractivity contribution in [3.63, 3.8) is 0 Å². The van der Waals surface area contributed by atoms with Gasteiger partial charge in [-0.1, -0.05) is 30.0 Å². The highest BCUT2D eigenvalue weighted by atomic mass is 32.2. The number of hydrogen-bond donors (Lipinski definition) is 0. The number of ether oxygens (including phenoxy) is 1. The Labute approximate surface area is 188 Å². The molecule has 0 aliphatic carbocycles. The van der Waals surface area contributed by atoms with E-state index < -0.39 is 0 Å². The van der Waals surface area contributed by atoms with Crippen molar-refractivity contribution < 1.29 is 4.74 Å². The summed E-state index contributed by atoms with van der Waals surface area (Å²) in [6.07, 6.45) is 4.78. The second-order valence-corrected chi connectivity index (χ2v) is 8.53. The second kappa shape index (κ2) is 8.76. The van der Waals surface area contributed by atoms with Crippen LogP contribution in [0.3, 0.4) is 0 Å². The molecule has 5 rings (SSSR count). The molecule has 0 spiro atoms. The molecule has 0 amide bonds. The molecule has 0 saturated carbocycles. The van der Waals surface area contributed by atoms with E-state index in [0.717, 1.165) is 34.0 Å². The van der Waals surface area contributed by atoms with Gasteiger partial charge in [0.2, 0.25) is 5.78 Å². The highest BCUT2D eigenvalue weighted by molar-refractivity contribution is 7.98. The van der Waals surface area contributed by atoms with E-state index in [1.54, 1.807) is 16.3 Å². The molecule has 164 valence electrons. The number of pyridine rings is 1. The van der Waals surface area contributed by atoms with E-state index in [0.29, 0.717) is 36.7 Å². The van der Waals surface area contributed by atoms with Gasteiger partial charge in [-0.25, -0.2) is 4.98 Å². The van der Waals surface area contributed by atoms with Crippen LogP contribution in [0, 0.1) is 6.92 Å². The molecule has 32 heavy (non-hydrogen) atoms. The number of fused-ring (bicyclic) bond motifs is 4. The molecule has 0 saturated heterocycles. The molecule has 0 fully saturated rings. The van der Waals surface area contributed by atoms with Gasteiger partial charge in [0.05, 0.1) is 16.6 Å². The molecule has 9 heteroatoms. The number of benzene rings is 1. The van der Waals surface area contributed by atoms with Gasteiger partial charge in [-0.15, -0.1) is 10.2 Å². The maximum Gasteiger partial charge on any atom is 0.262 e. The first-order chi connectivity index (χ1) is 15.7. The molecule has 0 aliphatic heterocycles. The fourth-order valence-electron chi connectivity index (χ4n) is 3.91. The molecule has 0 bridgehead atoms. The third kappa shape index (κ3) is 3.67. The Hall–Kier alpha value is -3.17. The van der Waals surface area contributed by atoms with Crippen molar-refractivity contribution in [2.75, 3.05) is 13.2 Å². The van der Waals surface area contributed by atoms with E-state index in [1.165, 1.54) is 0 Å². The molecule has 4 heterocycles. The highest BCUT2D eigenvalue weighted by Gasteiger charge is 2.17. The number of aromatic nitrogens is 6. The monoisotopic (exact) mass is 448 g/mol. The molecule has 0 unspecified atom stereocenters. The zero-order valence-electron chi connectivity index (χ0n) is 18.1. The Kier molecular flexibility index (Phi) is 5.67. The average Bonchev–Trinajstić information content (AvgIpc) is 3.42. The number of thioether (sulfide) groups is 1. The minimum atomic E-state index is -0.0515. The third-order valence-corrected chi connectivity index (χ3v) is 6.39. The molecule has 8 nitrogen and oxygen atoms in total. The van der Waals surface area contributed by atoms with Gasteiger partial charge in [0.1, 0.15) is 5.65 Å². The summed E-state index contributed by atoms with van der Waals surface area (Å²) in [6, 6.07) is 11.7. The maximum absolute atomic E-state index is 13.1. The number of aryl methyl sites for hydroxylation is 2. The minimum absolute atomic E-state index is 0.0515. The fourth-order valence-corrected chi connectivity index (χ4v) is 4.73. The Balaban J connectivity index is 1.52. The summed E-state index contributed by atoms with van der Waals surface area (Å²) < 4.78 is 11.2. The highest BCUT2D eigenvalue weighted by Crippen LogP contribution is 2.25. The zero-order valence-corrected chi connectivity index (χ0v) is 18.9. The van der Waals surface area contributed by atoms with Gasteiger partial charge in [-0.2, -0.15) is 0 Å². The molecular formula is C23H24N6O2S. The van der Waals surface area contributed by atoms with E-state index >= 15 is 0 Å². The van der Waals surface area contributed by atoms with Gasteiger partial charge < -0.3 is 9.14 Å². The van der Waals surface area contributed by atoms with Crippen LogP contribution in [0.15, 0.2) is 58.7 Å². The first-order valence-electron chi connectivity index (χ1n) is 10.7. The lowest BCUT2D eigenvalue weighted by atomic mass is 10.2. The van der Waals surface area contributed by atoms with Gasteiger partial charge in [0.15, 0.2) is 5.16 Å². The van der Waals surface area contributed by atoms with Crippen molar-refractivity contribution >= 4 is 34.1 Å². The summed E-state index contributed by atoms with van der Waals surface area (Å²) in [5, 5.41) is 10.2. The van der Waals surface area contributed by atoms with Gasteiger partial charge in [0, 0.05) is 37.9 Å². The van der Waals surface area contributed by atoms with Crippen molar-refractivity contribution in [1.29, 1.82) is 0 Å². The molecule has 0 radical (unpaired) electrons. The number of rotatable bonds is 8.